The number of nitrogens with one attached hydrogen (secondary N) is 1. The molecule has 0 bridgehead atoms. The Balaban J connectivity index is 2.40. The molecule has 0 aliphatic heterocycles. The van der Waals surface area contributed by atoms with Crippen molar-refractivity contribution < 1.29 is 4.79 Å². The van der Waals surface area contributed by atoms with Crippen LogP contribution in [0.4, 0.5) is 5.69 Å². The zero-order chi connectivity index (χ0) is 12.3. The standard InChI is InChI=1S/C14H14N2O/c1-3-14(17)15-12-7-6-8-13(11(12)2)16-9-4-5-10-16/h3-10H,1H2,2H3,(H,15,17). The van der Waals surface area contributed by atoms with Crippen molar-refractivity contribution in [3.05, 3.63) is 60.9 Å². The van der Waals surface area contributed by atoms with Gasteiger partial charge in [0.2, 0.25) is 5.91 Å². The number of nitrogens with zero attached hydrogens (tertiary/aromatic N) is 1. The summed E-state index contributed by atoms with van der Waals surface area (Å²) in [4.78, 5) is 11.3. The first-order valence-electron chi connectivity index (χ1n) is 5.39. The van der Waals surface area contributed by atoms with E-state index in [-0.39, 0.29) is 5.91 Å². The molecular weight excluding hydrogens is 212 g/mol. The van der Waals surface area contributed by atoms with Crippen LogP contribution in [0.1, 0.15) is 5.56 Å². The second-order valence-electron chi connectivity index (χ2n) is 3.73. The molecule has 1 aromatic heterocycles. The van der Waals surface area contributed by atoms with Gasteiger partial charge in [0, 0.05) is 23.8 Å². The predicted molar refractivity (Wildman–Crippen MR) is 69.3 cm³/mol. The van der Waals surface area contributed by atoms with Gasteiger partial charge in [-0.05, 0) is 42.8 Å². The third kappa shape index (κ3) is 2.28. The van der Waals surface area contributed by atoms with E-state index in [1.54, 1.807) is 0 Å². The fourth-order valence-corrected chi connectivity index (χ4v) is 1.72. The van der Waals surface area contributed by atoms with Gasteiger partial charge < -0.3 is 9.88 Å². The summed E-state index contributed by atoms with van der Waals surface area (Å²) in [5.41, 5.74) is 2.89. The second kappa shape index (κ2) is 4.70. The van der Waals surface area contributed by atoms with Crippen molar-refractivity contribution in [2.75, 3.05) is 5.32 Å². The van der Waals surface area contributed by atoms with Crippen LogP contribution < -0.4 is 5.32 Å². The number of hydrogen-bond donors (Lipinski definition) is 1. The van der Waals surface area contributed by atoms with Gasteiger partial charge in [-0.25, -0.2) is 0 Å². The van der Waals surface area contributed by atoms with Crippen LogP contribution in [-0.2, 0) is 4.79 Å². The lowest BCUT2D eigenvalue weighted by atomic mass is 10.1. The van der Waals surface area contributed by atoms with E-state index >= 15 is 0 Å². The molecule has 0 saturated heterocycles. The molecule has 0 saturated carbocycles. The van der Waals surface area contributed by atoms with E-state index in [1.165, 1.54) is 6.08 Å². The lowest BCUT2D eigenvalue weighted by Crippen LogP contribution is -2.09. The van der Waals surface area contributed by atoms with Crippen molar-refractivity contribution in [2.24, 2.45) is 0 Å². The first-order valence-corrected chi connectivity index (χ1v) is 5.39. The van der Waals surface area contributed by atoms with Crippen LogP contribution in [0, 0.1) is 6.92 Å². The van der Waals surface area contributed by atoms with Crippen molar-refractivity contribution >= 4 is 11.6 Å². The molecule has 86 valence electrons. The van der Waals surface area contributed by atoms with Crippen LogP contribution in [0.3, 0.4) is 0 Å². The van der Waals surface area contributed by atoms with Crippen molar-refractivity contribution in [3.63, 3.8) is 0 Å². The molecule has 2 rings (SSSR count). The summed E-state index contributed by atoms with van der Waals surface area (Å²) in [5, 5.41) is 2.79. The molecule has 0 fully saturated rings. The Hall–Kier alpha value is -2.29. The average Bonchev–Trinajstić information content (AvgIpc) is 2.85. The van der Waals surface area contributed by atoms with Crippen molar-refractivity contribution in [1.29, 1.82) is 0 Å². The van der Waals surface area contributed by atoms with E-state index in [0.29, 0.717) is 0 Å². The fraction of sp³-hybridized carbons (Fsp3) is 0.0714. The zero-order valence-electron chi connectivity index (χ0n) is 9.68. The molecule has 1 aromatic carbocycles. The van der Waals surface area contributed by atoms with Crippen LogP contribution in [0.5, 0.6) is 0 Å². The van der Waals surface area contributed by atoms with E-state index in [1.807, 2.05) is 54.2 Å². The normalized spacial score (nSPS) is 9.94. The van der Waals surface area contributed by atoms with Gasteiger partial charge in [0.15, 0.2) is 0 Å². The number of anilines is 1. The third-order valence-electron chi connectivity index (χ3n) is 2.63. The minimum absolute atomic E-state index is 0.197. The molecular formula is C14H14N2O. The Morgan fingerprint density at radius 2 is 2.00 bits per heavy atom. The summed E-state index contributed by atoms with van der Waals surface area (Å²) in [6, 6.07) is 9.74. The molecule has 0 radical (unpaired) electrons. The maximum Gasteiger partial charge on any atom is 0.247 e. The maximum absolute atomic E-state index is 11.3. The molecule has 0 aliphatic carbocycles. The zero-order valence-corrected chi connectivity index (χ0v) is 9.68. The predicted octanol–water partition coefficient (Wildman–Crippen LogP) is 2.91. The number of carbonyl (C=O) groups is 1. The molecule has 3 heteroatoms. The Morgan fingerprint density at radius 1 is 1.29 bits per heavy atom. The summed E-state index contributed by atoms with van der Waals surface area (Å²) in [7, 11) is 0. The van der Waals surface area contributed by atoms with Crippen LogP contribution >= 0.6 is 0 Å². The number of rotatable bonds is 3. The van der Waals surface area contributed by atoms with Gasteiger partial charge in [0.25, 0.3) is 0 Å². The highest BCUT2D eigenvalue weighted by Gasteiger charge is 2.06. The molecule has 0 atom stereocenters. The second-order valence-corrected chi connectivity index (χ2v) is 3.73. The maximum atomic E-state index is 11.3. The summed E-state index contributed by atoms with van der Waals surface area (Å²) in [6.45, 7) is 5.42. The topological polar surface area (TPSA) is 34.0 Å². The number of hydrogen-bond acceptors (Lipinski definition) is 1. The molecule has 0 aliphatic rings. The van der Waals surface area contributed by atoms with Crippen molar-refractivity contribution in [1.82, 2.24) is 4.57 Å². The van der Waals surface area contributed by atoms with Crippen LogP contribution in [0.15, 0.2) is 55.4 Å². The summed E-state index contributed by atoms with van der Waals surface area (Å²) < 4.78 is 2.01. The van der Waals surface area contributed by atoms with E-state index in [4.69, 9.17) is 0 Å². The first kappa shape index (κ1) is 11.2. The van der Waals surface area contributed by atoms with Gasteiger partial charge in [0.1, 0.15) is 0 Å². The van der Waals surface area contributed by atoms with E-state index in [0.717, 1.165) is 16.9 Å². The fourth-order valence-electron chi connectivity index (χ4n) is 1.72. The monoisotopic (exact) mass is 226 g/mol. The first-order chi connectivity index (χ1) is 8.22. The van der Waals surface area contributed by atoms with Crippen molar-refractivity contribution in [2.45, 2.75) is 6.92 Å². The highest BCUT2D eigenvalue weighted by molar-refractivity contribution is 5.99. The Morgan fingerprint density at radius 3 is 2.65 bits per heavy atom. The largest absolute Gasteiger partial charge is 0.324 e. The van der Waals surface area contributed by atoms with E-state index < -0.39 is 0 Å². The Kier molecular flexibility index (Phi) is 3.10. The third-order valence-corrected chi connectivity index (χ3v) is 2.63. The van der Waals surface area contributed by atoms with Gasteiger partial charge in [0.05, 0.1) is 0 Å². The number of aromatic nitrogens is 1. The van der Waals surface area contributed by atoms with Gasteiger partial charge in [-0.1, -0.05) is 12.6 Å². The summed E-state index contributed by atoms with van der Waals surface area (Å²) in [6.07, 6.45) is 5.21. The summed E-state index contributed by atoms with van der Waals surface area (Å²) in [5.74, 6) is -0.197. The van der Waals surface area contributed by atoms with Crippen molar-refractivity contribution in [3.8, 4) is 5.69 Å². The van der Waals surface area contributed by atoms with Crippen LogP contribution in [0.2, 0.25) is 0 Å². The quantitative estimate of drug-likeness (QED) is 0.802. The number of amides is 1. The Bertz CT molecular complexity index is 541. The highest BCUT2D eigenvalue weighted by Crippen LogP contribution is 2.22. The lowest BCUT2D eigenvalue weighted by Gasteiger charge is -2.12. The average molecular weight is 226 g/mol. The minimum Gasteiger partial charge on any atom is -0.324 e. The molecule has 1 N–H and O–H groups in total. The number of benzene rings is 1. The molecule has 1 amide bonds. The SMILES string of the molecule is C=CC(=O)Nc1cccc(-n2cccc2)c1C. The van der Waals surface area contributed by atoms with Gasteiger partial charge >= 0.3 is 0 Å². The number of carbonyl (C=O) groups excluding carboxylic acids is 1. The molecule has 1 heterocycles. The van der Waals surface area contributed by atoms with Crippen LogP contribution in [0.25, 0.3) is 5.69 Å². The van der Waals surface area contributed by atoms with E-state index in [2.05, 4.69) is 11.9 Å². The van der Waals surface area contributed by atoms with E-state index in [9.17, 15) is 4.79 Å². The smallest absolute Gasteiger partial charge is 0.247 e. The van der Waals surface area contributed by atoms with Crippen LogP contribution in [-0.4, -0.2) is 10.5 Å². The molecule has 3 nitrogen and oxygen atoms in total. The lowest BCUT2D eigenvalue weighted by molar-refractivity contribution is -0.111. The minimum atomic E-state index is -0.197. The van der Waals surface area contributed by atoms with Gasteiger partial charge in [-0.15, -0.1) is 0 Å². The molecule has 0 spiro atoms. The molecule has 17 heavy (non-hydrogen) atoms. The molecule has 2 aromatic rings. The molecule has 0 unspecified atom stereocenters. The summed E-state index contributed by atoms with van der Waals surface area (Å²) >= 11 is 0. The highest BCUT2D eigenvalue weighted by atomic mass is 16.1. The van der Waals surface area contributed by atoms with Gasteiger partial charge in [-0.3, -0.25) is 4.79 Å². The van der Waals surface area contributed by atoms with Gasteiger partial charge in [-0.2, -0.15) is 0 Å². The Labute approximate surface area is 100 Å².